The fraction of sp³-hybridized carbons (Fsp3) is 0.375. The number of aliphatic hydroxyl groups excluding tert-OH is 1. The molecular weight excluding hydrogens is 506 g/mol. The van der Waals surface area contributed by atoms with Crippen molar-refractivity contribution < 1.29 is 13.5 Å². The topological polar surface area (TPSA) is 64.1 Å². The smallest absolute Gasteiger partial charge is 0.231 e. The van der Waals surface area contributed by atoms with E-state index in [1.54, 1.807) is 7.05 Å². The quantitative estimate of drug-likeness (QED) is 0.347. The van der Waals surface area contributed by atoms with Gasteiger partial charge < -0.3 is 10.0 Å². The van der Waals surface area contributed by atoms with Gasteiger partial charge in [0.05, 0.1) is 11.9 Å². The summed E-state index contributed by atoms with van der Waals surface area (Å²) in [6, 6.07) is 27.4. The molecule has 0 aliphatic carbocycles. The third-order valence-electron chi connectivity index (χ3n) is 7.59. The normalized spacial score (nSPS) is 15.4. The lowest BCUT2D eigenvalue weighted by Gasteiger charge is -2.38. The average Bonchev–Trinajstić information content (AvgIpc) is 2.95. The molecule has 1 aliphatic rings. The molecule has 0 radical (unpaired) electrons. The van der Waals surface area contributed by atoms with Crippen LogP contribution in [0.2, 0.25) is 0 Å². The number of aliphatic hydroxyl groups is 1. The van der Waals surface area contributed by atoms with Gasteiger partial charge in [-0.15, -0.1) is 0 Å². The number of sulfonamides is 1. The monoisotopic (exact) mass is 547 g/mol. The maximum Gasteiger partial charge on any atom is 0.231 e. The first kappa shape index (κ1) is 28.9. The molecule has 1 heterocycles. The fourth-order valence-electron chi connectivity index (χ4n) is 5.19. The highest BCUT2D eigenvalue weighted by Gasteiger charge is 2.20. The van der Waals surface area contributed by atoms with Crippen molar-refractivity contribution in [3.63, 3.8) is 0 Å². The lowest BCUT2D eigenvalue weighted by atomic mass is 9.87. The molecule has 1 fully saturated rings. The van der Waals surface area contributed by atoms with Gasteiger partial charge in [0, 0.05) is 51.6 Å². The second kappa shape index (κ2) is 12.8. The number of anilines is 2. The summed E-state index contributed by atoms with van der Waals surface area (Å²) in [4.78, 5) is 4.97. The van der Waals surface area contributed by atoms with Crippen molar-refractivity contribution >= 4 is 32.5 Å². The van der Waals surface area contributed by atoms with Crippen molar-refractivity contribution in [2.45, 2.75) is 32.7 Å². The summed E-state index contributed by atoms with van der Waals surface area (Å²) in [7, 11) is -1.78. The SMILES string of the molecule is CC(C)N1CCN(c2ccc(/C(=C(/CCCO)c3ccccc3)c3ccc(N(C)S(C)(=O)=O)cc3)cc2)CC1. The Morgan fingerprint density at radius 3 is 1.92 bits per heavy atom. The van der Waals surface area contributed by atoms with Crippen molar-refractivity contribution in [3.8, 4) is 0 Å². The van der Waals surface area contributed by atoms with Crippen LogP contribution in [0.4, 0.5) is 11.4 Å². The molecule has 1 N–H and O–H groups in total. The third-order valence-corrected chi connectivity index (χ3v) is 8.80. The molecule has 0 spiro atoms. The van der Waals surface area contributed by atoms with Crippen LogP contribution in [0.15, 0.2) is 78.9 Å². The van der Waals surface area contributed by atoms with Crippen molar-refractivity contribution in [2.24, 2.45) is 0 Å². The summed E-state index contributed by atoms with van der Waals surface area (Å²) in [5, 5.41) is 9.70. The molecule has 3 aromatic rings. The molecule has 3 aromatic carbocycles. The van der Waals surface area contributed by atoms with Gasteiger partial charge in [-0.25, -0.2) is 8.42 Å². The molecular formula is C32H41N3O3S. The van der Waals surface area contributed by atoms with Gasteiger partial charge in [0.15, 0.2) is 0 Å². The van der Waals surface area contributed by atoms with E-state index in [2.05, 4.69) is 60.0 Å². The molecule has 6 nitrogen and oxygen atoms in total. The van der Waals surface area contributed by atoms with Crippen molar-refractivity contribution in [2.75, 3.05) is 55.3 Å². The van der Waals surface area contributed by atoms with Gasteiger partial charge in [-0.2, -0.15) is 0 Å². The van der Waals surface area contributed by atoms with Gasteiger partial charge in [-0.3, -0.25) is 9.21 Å². The number of hydrogen-bond donors (Lipinski definition) is 1. The molecule has 1 saturated heterocycles. The zero-order chi connectivity index (χ0) is 28.0. The minimum atomic E-state index is -3.35. The zero-order valence-electron chi connectivity index (χ0n) is 23.5. The first-order chi connectivity index (χ1) is 18.7. The Bertz CT molecular complexity index is 1340. The van der Waals surface area contributed by atoms with Crippen LogP contribution in [0.25, 0.3) is 11.1 Å². The van der Waals surface area contributed by atoms with Crippen molar-refractivity contribution in [3.05, 3.63) is 95.6 Å². The number of allylic oxidation sites excluding steroid dienone is 1. The van der Waals surface area contributed by atoms with Crippen molar-refractivity contribution in [1.82, 2.24) is 4.90 Å². The van der Waals surface area contributed by atoms with Crippen LogP contribution >= 0.6 is 0 Å². The molecule has 0 atom stereocenters. The number of piperazine rings is 1. The highest BCUT2D eigenvalue weighted by molar-refractivity contribution is 7.92. The second-order valence-corrected chi connectivity index (χ2v) is 12.5. The maximum atomic E-state index is 12.1. The van der Waals surface area contributed by atoms with E-state index in [0.29, 0.717) is 18.2 Å². The van der Waals surface area contributed by atoms with E-state index in [1.165, 1.54) is 16.2 Å². The summed E-state index contributed by atoms with van der Waals surface area (Å²) >= 11 is 0. The highest BCUT2D eigenvalue weighted by Crippen LogP contribution is 2.36. The Morgan fingerprint density at radius 1 is 0.846 bits per heavy atom. The second-order valence-electron chi connectivity index (χ2n) is 10.5. The number of hydrogen-bond acceptors (Lipinski definition) is 5. The van der Waals surface area contributed by atoms with Gasteiger partial charge in [0.2, 0.25) is 10.0 Å². The summed E-state index contributed by atoms with van der Waals surface area (Å²) < 4.78 is 25.5. The fourth-order valence-corrected chi connectivity index (χ4v) is 5.69. The first-order valence-corrected chi connectivity index (χ1v) is 15.6. The minimum absolute atomic E-state index is 0.114. The van der Waals surface area contributed by atoms with Crippen LogP contribution in [-0.4, -0.2) is 70.6 Å². The first-order valence-electron chi connectivity index (χ1n) is 13.7. The van der Waals surface area contributed by atoms with E-state index < -0.39 is 10.0 Å². The molecule has 4 rings (SSSR count). The van der Waals surface area contributed by atoms with E-state index in [0.717, 1.165) is 60.4 Å². The summed E-state index contributed by atoms with van der Waals surface area (Å²) in [5.74, 6) is 0. The molecule has 208 valence electrons. The third kappa shape index (κ3) is 7.10. The van der Waals surface area contributed by atoms with Gasteiger partial charge in [0.25, 0.3) is 0 Å². The van der Waals surface area contributed by atoms with E-state index in [9.17, 15) is 13.5 Å². The molecule has 39 heavy (non-hydrogen) atoms. The predicted molar refractivity (Wildman–Crippen MR) is 164 cm³/mol. The van der Waals surface area contributed by atoms with Crippen LogP contribution in [0.5, 0.6) is 0 Å². The Kier molecular flexibility index (Phi) is 9.49. The lowest BCUT2D eigenvalue weighted by molar-refractivity contribution is 0.209. The van der Waals surface area contributed by atoms with E-state index in [4.69, 9.17) is 0 Å². The average molecular weight is 548 g/mol. The van der Waals surface area contributed by atoms with E-state index in [-0.39, 0.29) is 6.61 Å². The zero-order valence-corrected chi connectivity index (χ0v) is 24.4. The minimum Gasteiger partial charge on any atom is -0.396 e. The Labute approximate surface area is 234 Å². The lowest BCUT2D eigenvalue weighted by Crippen LogP contribution is -2.48. The number of nitrogens with zero attached hydrogens (tertiary/aromatic N) is 3. The highest BCUT2D eigenvalue weighted by atomic mass is 32.2. The number of benzene rings is 3. The molecule has 7 heteroatoms. The summed E-state index contributed by atoms with van der Waals surface area (Å²) in [6.07, 6.45) is 2.58. The number of rotatable bonds is 10. The summed E-state index contributed by atoms with van der Waals surface area (Å²) in [6.45, 7) is 8.79. The predicted octanol–water partition coefficient (Wildman–Crippen LogP) is 5.34. The Hall–Kier alpha value is -3.13. The van der Waals surface area contributed by atoms with Crippen LogP contribution in [-0.2, 0) is 10.0 Å². The van der Waals surface area contributed by atoms with Crippen LogP contribution < -0.4 is 9.21 Å². The maximum absolute atomic E-state index is 12.1. The standard InChI is InChI=1S/C32H41N3O3S/c1-25(2)34-20-22-35(23-21-34)30-18-14-28(15-19-30)32(31(11-8-24-36)26-9-6-5-7-10-26)27-12-16-29(17-13-27)33(3)39(4,37)38/h5-7,9-10,12-19,25,36H,8,11,20-24H2,1-4H3/b32-31-. The molecule has 0 bridgehead atoms. The van der Waals surface area contributed by atoms with Crippen LogP contribution in [0.3, 0.4) is 0 Å². The molecule has 0 amide bonds. The van der Waals surface area contributed by atoms with Gasteiger partial charge in [-0.05, 0) is 78.8 Å². The van der Waals surface area contributed by atoms with E-state index in [1.807, 2.05) is 42.5 Å². The van der Waals surface area contributed by atoms with Crippen LogP contribution in [0.1, 0.15) is 43.4 Å². The largest absolute Gasteiger partial charge is 0.396 e. The Balaban J connectivity index is 1.75. The molecule has 1 aliphatic heterocycles. The van der Waals surface area contributed by atoms with Crippen LogP contribution in [0, 0.1) is 0 Å². The van der Waals surface area contributed by atoms with Gasteiger partial charge in [0.1, 0.15) is 0 Å². The molecule has 0 unspecified atom stereocenters. The van der Waals surface area contributed by atoms with Gasteiger partial charge >= 0.3 is 0 Å². The summed E-state index contributed by atoms with van der Waals surface area (Å²) in [5.41, 5.74) is 7.33. The molecule has 0 saturated carbocycles. The molecule has 0 aromatic heterocycles. The Morgan fingerprint density at radius 2 is 1.41 bits per heavy atom. The van der Waals surface area contributed by atoms with Crippen molar-refractivity contribution in [1.29, 1.82) is 0 Å². The van der Waals surface area contributed by atoms with E-state index >= 15 is 0 Å². The van der Waals surface area contributed by atoms with Gasteiger partial charge in [-0.1, -0.05) is 54.6 Å².